The molecule has 3 amide bonds. The van der Waals surface area contributed by atoms with E-state index in [1.165, 1.54) is 0 Å². The molecule has 1 aromatic rings. The lowest BCUT2D eigenvalue weighted by Gasteiger charge is -2.22. The van der Waals surface area contributed by atoms with Gasteiger partial charge in [-0.2, -0.15) is 5.10 Å². The van der Waals surface area contributed by atoms with Crippen molar-refractivity contribution in [1.82, 2.24) is 15.6 Å². The Bertz CT molecular complexity index is 906. The first-order valence-electron chi connectivity index (χ1n) is 10.6. The van der Waals surface area contributed by atoms with Gasteiger partial charge in [0, 0.05) is 22.7 Å². The van der Waals surface area contributed by atoms with Crippen molar-refractivity contribution in [2.24, 2.45) is 22.4 Å². The van der Waals surface area contributed by atoms with Crippen LogP contribution < -0.4 is 16.1 Å². The first-order chi connectivity index (χ1) is 14.3. The SMILES string of the molecule is CC(C)NC(=O)[C@@H]1[C@@H]2C(=O)NN=C(c3ccccc3NC(=O)CN3CCCC3)[C@]12C. The van der Waals surface area contributed by atoms with Crippen LogP contribution >= 0.6 is 0 Å². The number of fused-ring (bicyclic) bond motifs is 1. The minimum absolute atomic E-state index is 0.00985. The van der Waals surface area contributed by atoms with Crippen LogP contribution in [-0.2, 0) is 14.4 Å². The molecule has 3 atom stereocenters. The number of rotatable bonds is 6. The van der Waals surface area contributed by atoms with Crippen LogP contribution in [0, 0.1) is 17.3 Å². The number of hydrogen-bond donors (Lipinski definition) is 3. The van der Waals surface area contributed by atoms with Crippen LogP contribution in [-0.4, -0.2) is 54.0 Å². The Hall–Kier alpha value is -2.74. The van der Waals surface area contributed by atoms with E-state index in [0.29, 0.717) is 17.9 Å². The molecule has 1 saturated heterocycles. The van der Waals surface area contributed by atoms with Crippen LogP contribution in [0.1, 0.15) is 39.2 Å². The lowest BCUT2D eigenvalue weighted by atomic mass is 9.89. The van der Waals surface area contributed by atoms with Gasteiger partial charge in [-0.1, -0.05) is 25.1 Å². The second kappa shape index (κ2) is 7.83. The summed E-state index contributed by atoms with van der Waals surface area (Å²) in [5, 5.41) is 10.3. The molecule has 1 aromatic carbocycles. The zero-order chi connectivity index (χ0) is 21.5. The van der Waals surface area contributed by atoms with Gasteiger partial charge in [0.15, 0.2) is 0 Å². The van der Waals surface area contributed by atoms with Crippen molar-refractivity contribution in [2.75, 3.05) is 25.0 Å². The van der Waals surface area contributed by atoms with E-state index in [1.807, 2.05) is 45.0 Å². The average Bonchev–Trinajstić information content (AvgIpc) is 3.03. The van der Waals surface area contributed by atoms with E-state index >= 15 is 0 Å². The molecule has 2 fully saturated rings. The monoisotopic (exact) mass is 411 g/mol. The zero-order valence-electron chi connectivity index (χ0n) is 17.7. The van der Waals surface area contributed by atoms with Gasteiger partial charge in [0.25, 0.3) is 0 Å². The molecule has 0 bridgehead atoms. The van der Waals surface area contributed by atoms with Crippen molar-refractivity contribution in [3.63, 3.8) is 0 Å². The molecule has 0 unspecified atom stereocenters. The third kappa shape index (κ3) is 3.60. The summed E-state index contributed by atoms with van der Waals surface area (Å²) in [6, 6.07) is 7.42. The molecule has 2 aliphatic heterocycles. The number of carbonyl (C=O) groups is 3. The van der Waals surface area contributed by atoms with Gasteiger partial charge in [0.05, 0.1) is 24.1 Å². The molecule has 3 N–H and O–H groups in total. The maximum atomic E-state index is 12.7. The van der Waals surface area contributed by atoms with Gasteiger partial charge in [-0.25, -0.2) is 5.43 Å². The molecule has 8 heteroatoms. The van der Waals surface area contributed by atoms with Crippen molar-refractivity contribution < 1.29 is 14.4 Å². The summed E-state index contributed by atoms with van der Waals surface area (Å²) >= 11 is 0. The molecular weight excluding hydrogens is 382 g/mol. The molecule has 8 nitrogen and oxygen atoms in total. The fraction of sp³-hybridized carbons (Fsp3) is 0.545. The van der Waals surface area contributed by atoms with Crippen LogP contribution in [0.2, 0.25) is 0 Å². The second-order valence-electron chi connectivity index (χ2n) is 8.91. The fourth-order valence-corrected chi connectivity index (χ4v) is 4.81. The normalized spacial score (nSPS) is 27.9. The Labute approximate surface area is 176 Å². The highest BCUT2D eigenvalue weighted by Gasteiger charge is 2.72. The van der Waals surface area contributed by atoms with Gasteiger partial charge in [0.2, 0.25) is 17.7 Å². The van der Waals surface area contributed by atoms with Crippen LogP contribution in [0.4, 0.5) is 5.69 Å². The Morgan fingerprint density at radius 2 is 1.97 bits per heavy atom. The topological polar surface area (TPSA) is 103 Å². The van der Waals surface area contributed by atoms with Gasteiger partial charge < -0.3 is 10.6 Å². The summed E-state index contributed by atoms with van der Waals surface area (Å²) in [4.78, 5) is 39.9. The van der Waals surface area contributed by atoms with Gasteiger partial charge in [-0.05, 0) is 45.8 Å². The number of carbonyl (C=O) groups excluding carboxylic acids is 3. The molecule has 0 spiro atoms. The Balaban J connectivity index is 1.58. The summed E-state index contributed by atoms with van der Waals surface area (Å²) in [6.45, 7) is 7.94. The maximum absolute atomic E-state index is 12.7. The van der Waals surface area contributed by atoms with Crippen LogP contribution in [0.3, 0.4) is 0 Å². The maximum Gasteiger partial charge on any atom is 0.245 e. The molecule has 4 rings (SSSR count). The highest BCUT2D eigenvalue weighted by atomic mass is 16.2. The highest BCUT2D eigenvalue weighted by Crippen LogP contribution is 2.62. The first-order valence-corrected chi connectivity index (χ1v) is 10.6. The summed E-state index contributed by atoms with van der Waals surface area (Å²) in [5.41, 5.74) is 3.89. The predicted molar refractivity (Wildman–Crippen MR) is 114 cm³/mol. The van der Waals surface area contributed by atoms with E-state index < -0.39 is 17.3 Å². The van der Waals surface area contributed by atoms with Gasteiger partial charge in [0.1, 0.15) is 0 Å². The molecule has 1 aliphatic carbocycles. The van der Waals surface area contributed by atoms with E-state index in [1.54, 1.807) is 0 Å². The largest absolute Gasteiger partial charge is 0.354 e. The third-order valence-corrected chi connectivity index (χ3v) is 6.32. The molecule has 1 saturated carbocycles. The molecule has 3 aliphatic rings. The Kier molecular flexibility index (Phi) is 5.36. The molecular formula is C22H29N5O3. The summed E-state index contributed by atoms with van der Waals surface area (Å²) < 4.78 is 0. The number of nitrogens with zero attached hydrogens (tertiary/aromatic N) is 2. The minimum Gasteiger partial charge on any atom is -0.354 e. The van der Waals surface area contributed by atoms with E-state index in [0.717, 1.165) is 31.5 Å². The van der Waals surface area contributed by atoms with E-state index in [-0.39, 0.29) is 23.8 Å². The number of nitrogens with one attached hydrogen (secondary N) is 3. The van der Waals surface area contributed by atoms with Crippen LogP contribution in [0.25, 0.3) is 0 Å². The van der Waals surface area contributed by atoms with Gasteiger partial charge in [-0.3, -0.25) is 19.3 Å². The van der Waals surface area contributed by atoms with Crippen LogP contribution in [0.5, 0.6) is 0 Å². The molecule has 0 aromatic heterocycles. The fourth-order valence-electron chi connectivity index (χ4n) is 4.81. The summed E-state index contributed by atoms with van der Waals surface area (Å²) in [5.74, 6) is -1.39. The smallest absolute Gasteiger partial charge is 0.245 e. The molecule has 0 radical (unpaired) electrons. The number of anilines is 1. The number of hydrogen-bond acceptors (Lipinski definition) is 5. The lowest BCUT2D eigenvalue weighted by molar-refractivity contribution is -0.127. The van der Waals surface area contributed by atoms with Crippen molar-refractivity contribution in [3.05, 3.63) is 29.8 Å². The third-order valence-electron chi connectivity index (χ3n) is 6.32. The summed E-state index contributed by atoms with van der Waals surface area (Å²) in [7, 11) is 0. The number of amides is 3. The van der Waals surface area contributed by atoms with E-state index in [4.69, 9.17) is 0 Å². The van der Waals surface area contributed by atoms with Crippen molar-refractivity contribution >= 4 is 29.1 Å². The van der Waals surface area contributed by atoms with Crippen molar-refractivity contribution in [1.29, 1.82) is 0 Å². The minimum atomic E-state index is -0.697. The highest BCUT2D eigenvalue weighted by molar-refractivity contribution is 6.19. The quantitative estimate of drug-likeness (QED) is 0.657. The number of likely N-dealkylation sites (tertiary alicyclic amines) is 1. The molecule has 160 valence electrons. The lowest BCUT2D eigenvalue weighted by Crippen LogP contribution is -2.35. The standard InChI is InChI=1S/C22H29N5O3/c1-13(2)23-20(29)17-18-21(30)26-25-19(22(17,18)3)14-8-4-5-9-15(14)24-16(28)12-27-10-6-7-11-27/h4-5,8-9,13,17-18H,6-7,10-12H2,1-3H3,(H,23,29)(H,24,28)(H,26,30)/t17-,18+,22+/m0/s1. The average molecular weight is 412 g/mol. The van der Waals surface area contributed by atoms with Crippen molar-refractivity contribution in [3.8, 4) is 0 Å². The van der Waals surface area contributed by atoms with E-state index in [2.05, 4.69) is 26.1 Å². The Morgan fingerprint density at radius 1 is 1.27 bits per heavy atom. The van der Waals surface area contributed by atoms with Crippen molar-refractivity contribution in [2.45, 2.75) is 39.7 Å². The number of para-hydroxylation sites is 1. The zero-order valence-corrected chi connectivity index (χ0v) is 17.7. The first kappa shape index (κ1) is 20.5. The van der Waals surface area contributed by atoms with E-state index in [9.17, 15) is 14.4 Å². The molecule has 2 heterocycles. The van der Waals surface area contributed by atoms with Gasteiger partial charge >= 0.3 is 0 Å². The van der Waals surface area contributed by atoms with Crippen LogP contribution in [0.15, 0.2) is 29.4 Å². The predicted octanol–water partition coefficient (Wildman–Crippen LogP) is 1.33. The Morgan fingerprint density at radius 3 is 2.67 bits per heavy atom. The summed E-state index contributed by atoms with van der Waals surface area (Å²) in [6.07, 6.45) is 2.25. The second-order valence-corrected chi connectivity index (χ2v) is 8.91. The van der Waals surface area contributed by atoms with Gasteiger partial charge in [-0.15, -0.1) is 0 Å². The molecule has 30 heavy (non-hydrogen) atoms. The number of hydrazone groups is 1. The number of benzene rings is 1.